The molecule has 0 atom stereocenters. The van der Waals surface area contributed by atoms with Crippen molar-refractivity contribution < 1.29 is 10.0 Å². The SMILES string of the molecule is CC(C)CCN(C)C(=O)Cc1ccc(C(N)=NO)cc1. The smallest absolute Gasteiger partial charge is 0.226 e. The van der Waals surface area contributed by atoms with Gasteiger partial charge in [-0.15, -0.1) is 0 Å². The lowest BCUT2D eigenvalue weighted by atomic mass is 10.1. The van der Waals surface area contributed by atoms with E-state index in [0.29, 0.717) is 17.9 Å². The van der Waals surface area contributed by atoms with Gasteiger partial charge in [0.15, 0.2) is 5.84 Å². The summed E-state index contributed by atoms with van der Waals surface area (Å²) < 4.78 is 0. The van der Waals surface area contributed by atoms with Crippen LogP contribution in [0.4, 0.5) is 0 Å². The molecule has 0 fully saturated rings. The molecule has 110 valence electrons. The van der Waals surface area contributed by atoms with Crippen molar-refractivity contribution in [2.75, 3.05) is 13.6 Å². The van der Waals surface area contributed by atoms with E-state index >= 15 is 0 Å². The van der Waals surface area contributed by atoms with E-state index in [1.807, 2.05) is 19.2 Å². The van der Waals surface area contributed by atoms with Gasteiger partial charge >= 0.3 is 0 Å². The zero-order valence-electron chi connectivity index (χ0n) is 12.3. The first-order valence-electron chi connectivity index (χ1n) is 6.74. The molecular weight excluding hydrogens is 254 g/mol. The first-order valence-corrected chi connectivity index (χ1v) is 6.74. The maximum absolute atomic E-state index is 12.0. The van der Waals surface area contributed by atoms with Crippen LogP contribution in [0.1, 0.15) is 31.4 Å². The maximum Gasteiger partial charge on any atom is 0.226 e. The maximum atomic E-state index is 12.0. The second kappa shape index (κ2) is 7.53. The number of likely N-dealkylation sites (N-methyl/N-ethyl adjacent to an activating group) is 1. The van der Waals surface area contributed by atoms with E-state index in [1.165, 1.54) is 0 Å². The molecular formula is C15H23N3O2. The summed E-state index contributed by atoms with van der Waals surface area (Å²) >= 11 is 0. The van der Waals surface area contributed by atoms with E-state index in [1.54, 1.807) is 17.0 Å². The van der Waals surface area contributed by atoms with Crippen LogP contribution in [0, 0.1) is 5.92 Å². The third-order valence-electron chi connectivity index (χ3n) is 3.18. The van der Waals surface area contributed by atoms with Crippen molar-refractivity contribution in [1.29, 1.82) is 0 Å². The minimum Gasteiger partial charge on any atom is -0.409 e. The van der Waals surface area contributed by atoms with Crippen LogP contribution in [-0.2, 0) is 11.2 Å². The number of carbonyl (C=O) groups excluding carboxylic acids is 1. The Morgan fingerprint density at radius 1 is 1.35 bits per heavy atom. The fourth-order valence-corrected chi connectivity index (χ4v) is 1.74. The van der Waals surface area contributed by atoms with Crippen LogP contribution in [0.15, 0.2) is 29.4 Å². The number of hydrogen-bond donors (Lipinski definition) is 2. The second-order valence-electron chi connectivity index (χ2n) is 5.36. The van der Waals surface area contributed by atoms with E-state index in [0.717, 1.165) is 18.5 Å². The highest BCUT2D eigenvalue weighted by Gasteiger charge is 2.10. The van der Waals surface area contributed by atoms with Crippen molar-refractivity contribution in [3.05, 3.63) is 35.4 Å². The van der Waals surface area contributed by atoms with Gasteiger partial charge in [0.05, 0.1) is 6.42 Å². The Balaban J connectivity index is 2.58. The molecule has 5 nitrogen and oxygen atoms in total. The molecule has 1 aromatic rings. The lowest BCUT2D eigenvalue weighted by molar-refractivity contribution is -0.129. The molecule has 0 bridgehead atoms. The molecule has 0 saturated heterocycles. The van der Waals surface area contributed by atoms with Crippen LogP contribution in [-0.4, -0.2) is 35.4 Å². The molecule has 0 spiro atoms. The minimum absolute atomic E-state index is 0.0666. The molecule has 1 amide bonds. The van der Waals surface area contributed by atoms with Crippen LogP contribution < -0.4 is 5.73 Å². The summed E-state index contributed by atoms with van der Waals surface area (Å²) in [6.45, 7) is 5.06. The summed E-state index contributed by atoms with van der Waals surface area (Å²) in [5, 5.41) is 11.5. The van der Waals surface area contributed by atoms with Gasteiger partial charge in [0.1, 0.15) is 0 Å². The minimum atomic E-state index is 0.0666. The van der Waals surface area contributed by atoms with Crippen molar-refractivity contribution in [3.63, 3.8) is 0 Å². The Labute approximate surface area is 120 Å². The molecule has 1 rings (SSSR count). The summed E-state index contributed by atoms with van der Waals surface area (Å²) in [5.74, 6) is 0.754. The number of nitrogens with two attached hydrogens (primary N) is 1. The van der Waals surface area contributed by atoms with Crippen molar-refractivity contribution in [3.8, 4) is 0 Å². The quantitative estimate of drug-likeness (QED) is 0.360. The average Bonchev–Trinajstić information content (AvgIpc) is 2.44. The molecule has 0 saturated carbocycles. The number of amidine groups is 1. The number of nitrogens with zero attached hydrogens (tertiary/aromatic N) is 2. The Kier molecular flexibility index (Phi) is 6.03. The molecule has 20 heavy (non-hydrogen) atoms. The topological polar surface area (TPSA) is 78.9 Å². The highest BCUT2D eigenvalue weighted by Crippen LogP contribution is 2.07. The van der Waals surface area contributed by atoms with Crippen molar-refractivity contribution in [1.82, 2.24) is 4.90 Å². The van der Waals surface area contributed by atoms with E-state index in [9.17, 15) is 4.79 Å². The summed E-state index contributed by atoms with van der Waals surface area (Å²) in [6, 6.07) is 7.13. The lowest BCUT2D eigenvalue weighted by Gasteiger charge is -2.18. The molecule has 1 aromatic carbocycles. The molecule has 0 aromatic heterocycles. The molecule has 0 aliphatic carbocycles. The van der Waals surface area contributed by atoms with Gasteiger partial charge in [-0.25, -0.2) is 0 Å². The number of hydrogen-bond acceptors (Lipinski definition) is 3. The Bertz CT molecular complexity index is 467. The van der Waals surface area contributed by atoms with Crippen LogP contribution in [0.2, 0.25) is 0 Å². The molecule has 0 radical (unpaired) electrons. The third kappa shape index (κ3) is 4.91. The third-order valence-corrected chi connectivity index (χ3v) is 3.18. The van der Waals surface area contributed by atoms with Crippen LogP contribution in [0.3, 0.4) is 0 Å². The molecule has 0 aliphatic heterocycles. The monoisotopic (exact) mass is 277 g/mol. The fraction of sp³-hybridized carbons (Fsp3) is 0.467. The molecule has 0 unspecified atom stereocenters. The van der Waals surface area contributed by atoms with Gasteiger partial charge in [-0.1, -0.05) is 43.3 Å². The van der Waals surface area contributed by atoms with Crippen molar-refractivity contribution in [2.24, 2.45) is 16.8 Å². The van der Waals surface area contributed by atoms with Gasteiger partial charge in [-0.05, 0) is 17.9 Å². The van der Waals surface area contributed by atoms with Crippen LogP contribution in [0.25, 0.3) is 0 Å². The van der Waals surface area contributed by atoms with E-state index in [4.69, 9.17) is 10.9 Å². The van der Waals surface area contributed by atoms with Gasteiger partial charge in [0, 0.05) is 19.2 Å². The number of oxime groups is 1. The zero-order chi connectivity index (χ0) is 15.1. The molecule has 0 aliphatic rings. The van der Waals surface area contributed by atoms with E-state index in [-0.39, 0.29) is 11.7 Å². The molecule has 5 heteroatoms. The van der Waals surface area contributed by atoms with E-state index < -0.39 is 0 Å². The summed E-state index contributed by atoms with van der Waals surface area (Å²) in [6.07, 6.45) is 1.37. The highest BCUT2D eigenvalue weighted by molar-refractivity contribution is 5.97. The number of benzene rings is 1. The second-order valence-corrected chi connectivity index (χ2v) is 5.36. The normalized spacial score (nSPS) is 11.7. The van der Waals surface area contributed by atoms with Crippen molar-refractivity contribution in [2.45, 2.75) is 26.7 Å². The largest absolute Gasteiger partial charge is 0.409 e. The van der Waals surface area contributed by atoms with Gasteiger partial charge in [0.2, 0.25) is 5.91 Å². The number of carbonyl (C=O) groups is 1. The highest BCUT2D eigenvalue weighted by atomic mass is 16.4. The van der Waals surface area contributed by atoms with Crippen LogP contribution in [0.5, 0.6) is 0 Å². The Hall–Kier alpha value is -2.04. The van der Waals surface area contributed by atoms with Gasteiger partial charge in [-0.3, -0.25) is 4.79 Å². The first kappa shape index (κ1) is 16.0. The van der Waals surface area contributed by atoms with Gasteiger partial charge in [0.25, 0.3) is 0 Å². The summed E-state index contributed by atoms with van der Waals surface area (Å²) in [5.41, 5.74) is 7.04. The Morgan fingerprint density at radius 3 is 2.45 bits per heavy atom. The standard InChI is InChI=1S/C15H23N3O2/c1-11(2)8-9-18(3)14(19)10-12-4-6-13(7-5-12)15(16)17-20/h4-7,11,20H,8-10H2,1-3H3,(H2,16,17). The predicted molar refractivity (Wildman–Crippen MR) is 79.7 cm³/mol. The average molecular weight is 277 g/mol. The van der Waals surface area contributed by atoms with Gasteiger partial charge < -0.3 is 15.8 Å². The zero-order valence-corrected chi connectivity index (χ0v) is 12.3. The molecule has 0 heterocycles. The predicted octanol–water partition coefficient (Wildman–Crippen LogP) is 1.83. The van der Waals surface area contributed by atoms with Gasteiger partial charge in [-0.2, -0.15) is 0 Å². The number of amides is 1. The lowest BCUT2D eigenvalue weighted by Crippen LogP contribution is -2.29. The fourth-order valence-electron chi connectivity index (χ4n) is 1.74. The van der Waals surface area contributed by atoms with Crippen molar-refractivity contribution >= 4 is 11.7 Å². The van der Waals surface area contributed by atoms with E-state index in [2.05, 4.69) is 19.0 Å². The summed E-state index contributed by atoms with van der Waals surface area (Å²) in [4.78, 5) is 13.8. The van der Waals surface area contributed by atoms with Crippen LogP contribution >= 0.6 is 0 Å². The summed E-state index contributed by atoms with van der Waals surface area (Å²) in [7, 11) is 1.83. The number of rotatable bonds is 6. The first-order chi connectivity index (χ1) is 9.43. The molecule has 3 N–H and O–H groups in total. The Morgan fingerprint density at radius 2 is 1.95 bits per heavy atom.